The molecule has 0 saturated carbocycles. The number of hydrogen-bond donors (Lipinski definition) is 3. The van der Waals surface area contributed by atoms with Gasteiger partial charge in [0.1, 0.15) is 17.2 Å². The van der Waals surface area contributed by atoms with Gasteiger partial charge in [0.2, 0.25) is 0 Å². The minimum absolute atomic E-state index is 0.0924. The van der Waals surface area contributed by atoms with Gasteiger partial charge in [-0.3, -0.25) is 0 Å². The quantitative estimate of drug-likeness (QED) is 0.225. The highest BCUT2D eigenvalue weighted by Crippen LogP contribution is 2.55. The average Bonchev–Trinajstić information content (AvgIpc) is 2.86. The van der Waals surface area contributed by atoms with Crippen molar-refractivity contribution in [3.8, 4) is 17.2 Å². The van der Waals surface area contributed by atoms with Crippen molar-refractivity contribution in [3.63, 3.8) is 0 Å². The molecule has 11 heteroatoms. The van der Waals surface area contributed by atoms with Gasteiger partial charge in [-0.05, 0) is 48.2 Å². The summed E-state index contributed by atoms with van der Waals surface area (Å²) in [5.74, 6) is 0.277. The van der Waals surface area contributed by atoms with E-state index in [1.807, 2.05) is 0 Å². The van der Waals surface area contributed by atoms with Crippen molar-refractivity contribution >= 4 is 36.9 Å². The summed E-state index contributed by atoms with van der Waals surface area (Å²) in [6, 6.07) is 20.5. The van der Waals surface area contributed by atoms with E-state index in [1.165, 1.54) is 18.6 Å². The number of phenols is 3. The molecule has 0 aromatic heterocycles. The molecule has 35 heavy (non-hydrogen) atoms. The Morgan fingerprint density at radius 1 is 0.571 bits per heavy atom. The first-order chi connectivity index (χ1) is 16.7. The lowest BCUT2D eigenvalue weighted by atomic mass is 10.2. The van der Waals surface area contributed by atoms with Crippen molar-refractivity contribution in [1.29, 1.82) is 0 Å². The highest BCUT2D eigenvalue weighted by molar-refractivity contribution is 8.11. The highest BCUT2D eigenvalue weighted by Gasteiger charge is 2.32. The predicted octanol–water partition coefficient (Wildman–Crippen LogP) is 4.23. The second-order valence-electron chi connectivity index (χ2n) is 7.39. The third-order valence-corrected chi connectivity index (χ3v) is 9.73. The highest BCUT2D eigenvalue weighted by atomic mass is 32.4. The molecule has 0 radical (unpaired) electrons. The van der Waals surface area contributed by atoms with Crippen LogP contribution in [0.15, 0.2) is 88.1 Å². The molecule has 3 aromatic carbocycles. The predicted molar refractivity (Wildman–Crippen MR) is 145 cm³/mol. The lowest BCUT2D eigenvalue weighted by molar-refractivity contribution is 0.417. The standard InChI is InChI=1S/C24H27N6O3PS/c1-28(25-16-19-10-4-7-13-22(19)31)34(35,29(2)26-17-20-11-5-8-14-23(20)32)30(3)27-18-21-12-6-9-15-24(21)33/h4-18,31-33H,1-3H3/b25-16-,26-17+,27-18+. The maximum Gasteiger partial charge on any atom is 0.265 e. The molecular weight excluding hydrogens is 483 g/mol. The Morgan fingerprint density at radius 2 is 0.829 bits per heavy atom. The van der Waals surface area contributed by atoms with Gasteiger partial charge in [0.05, 0.1) is 18.6 Å². The SMILES string of the molecule is CN(/N=C\c1ccccc1O)P(=S)(N(C)/N=C/c1ccccc1O)N(C)/N=C/c1ccccc1O. The number of phenolic OH excluding ortho intramolecular Hbond substituents is 3. The molecule has 9 nitrogen and oxygen atoms in total. The lowest BCUT2D eigenvalue weighted by Gasteiger charge is -2.39. The zero-order valence-corrected chi connectivity index (χ0v) is 21.3. The lowest BCUT2D eigenvalue weighted by Crippen LogP contribution is -2.29. The Morgan fingerprint density at radius 3 is 1.09 bits per heavy atom. The summed E-state index contributed by atoms with van der Waals surface area (Å²) < 4.78 is 4.71. The first-order valence-corrected chi connectivity index (χ1v) is 13.2. The van der Waals surface area contributed by atoms with Crippen LogP contribution in [0.4, 0.5) is 0 Å². The molecule has 0 amide bonds. The minimum atomic E-state index is -2.95. The van der Waals surface area contributed by atoms with Crippen molar-refractivity contribution in [3.05, 3.63) is 89.5 Å². The van der Waals surface area contributed by atoms with Gasteiger partial charge >= 0.3 is 0 Å². The topological polar surface area (TPSA) is 107 Å². The van der Waals surface area contributed by atoms with E-state index >= 15 is 0 Å². The van der Waals surface area contributed by atoms with Gasteiger partial charge < -0.3 is 15.3 Å². The summed E-state index contributed by atoms with van der Waals surface area (Å²) in [6.07, 6.45) is 4.53. The molecule has 0 unspecified atom stereocenters. The monoisotopic (exact) mass is 510 g/mol. The average molecular weight is 511 g/mol. The summed E-state index contributed by atoms with van der Waals surface area (Å²) in [7, 11) is 5.11. The second-order valence-corrected chi connectivity index (χ2v) is 11.6. The normalized spacial score (nSPS) is 12.0. The first kappa shape index (κ1) is 25.7. The van der Waals surface area contributed by atoms with Gasteiger partial charge in [-0.2, -0.15) is 15.3 Å². The number of nitrogens with zero attached hydrogens (tertiary/aromatic N) is 6. The molecule has 0 aliphatic carbocycles. The van der Waals surface area contributed by atoms with E-state index in [0.717, 1.165) is 0 Å². The van der Waals surface area contributed by atoms with Gasteiger partial charge in [-0.15, -0.1) is 0 Å². The third kappa shape index (κ3) is 6.17. The Kier molecular flexibility index (Phi) is 8.46. The molecule has 0 heterocycles. The first-order valence-electron chi connectivity index (χ1n) is 10.5. The number of hydrogen-bond acceptors (Lipinski definition) is 7. The van der Waals surface area contributed by atoms with Crippen LogP contribution < -0.4 is 0 Å². The van der Waals surface area contributed by atoms with Crippen molar-refractivity contribution < 1.29 is 15.3 Å². The van der Waals surface area contributed by atoms with E-state index in [4.69, 9.17) is 11.8 Å². The minimum Gasteiger partial charge on any atom is -0.507 e. The molecule has 0 bridgehead atoms. The Bertz CT molecular complexity index is 1140. The fourth-order valence-electron chi connectivity index (χ4n) is 2.99. The Hall–Kier alpha value is -3.88. The Balaban J connectivity index is 1.96. The molecule has 0 fully saturated rings. The number of aromatic hydroxyl groups is 3. The molecular formula is C24H27N6O3PS. The molecule has 0 saturated heterocycles. The van der Waals surface area contributed by atoms with Crippen molar-refractivity contribution in [2.24, 2.45) is 15.3 Å². The number of benzene rings is 3. The molecule has 0 atom stereocenters. The van der Waals surface area contributed by atoms with Crippen molar-refractivity contribution in [2.45, 2.75) is 0 Å². The van der Waals surface area contributed by atoms with Crippen LogP contribution in [0, 0.1) is 0 Å². The molecule has 0 aliphatic heterocycles. The fourth-order valence-corrected chi connectivity index (χ4v) is 5.05. The molecule has 3 N–H and O–H groups in total. The van der Waals surface area contributed by atoms with Crippen molar-refractivity contribution in [2.75, 3.05) is 21.1 Å². The van der Waals surface area contributed by atoms with Crippen LogP contribution in [0.25, 0.3) is 0 Å². The molecule has 3 aromatic rings. The van der Waals surface area contributed by atoms with Crippen LogP contribution in [0.3, 0.4) is 0 Å². The second kappa shape index (κ2) is 11.5. The van der Waals surface area contributed by atoms with Crippen LogP contribution in [0.5, 0.6) is 17.2 Å². The van der Waals surface area contributed by atoms with E-state index in [0.29, 0.717) is 16.7 Å². The summed E-state index contributed by atoms with van der Waals surface area (Å²) >= 11 is 6.07. The number of hydrazone groups is 3. The van der Waals surface area contributed by atoms with Gasteiger partial charge in [-0.25, -0.2) is 14.3 Å². The van der Waals surface area contributed by atoms with Crippen LogP contribution >= 0.6 is 6.49 Å². The van der Waals surface area contributed by atoms with Gasteiger partial charge in [0, 0.05) is 37.8 Å². The number of rotatable bonds is 9. The smallest absolute Gasteiger partial charge is 0.265 e. The van der Waals surface area contributed by atoms with Crippen LogP contribution in [-0.2, 0) is 11.8 Å². The van der Waals surface area contributed by atoms with E-state index in [9.17, 15) is 15.3 Å². The van der Waals surface area contributed by atoms with E-state index in [1.54, 1.807) is 108 Å². The maximum atomic E-state index is 10.1. The summed E-state index contributed by atoms with van der Waals surface area (Å²) in [5.41, 5.74) is 1.59. The van der Waals surface area contributed by atoms with E-state index < -0.39 is 6.49 Å². The van der Waals surface area contributed by atoms with Gasteiger partial charge in [0.15, 0.2) is 0 Å². The molecule has 0 aliphatic rings. The third-order valence-electron chi connectivity index (χ3n) is 5.03. The fraction of sp³-hybridized carbons (Fsp3) is 0.125. The van der Waals surface area contributed by atoms with Gasteiger partial charge in [-0.1, -0.05) is 36.4 Å². The van der Waals surface area contributed by atoms with Gasteiger partial charge in [0.25, 0.3) is 6.49 Å². The molecule has 0 spiro atoms. The zero-order chi connectivity index (χ0) is 25.4. The van der Waals surface area contributed by atoms with Crippen LogP contribution in [0.2, 0.25) is 0 Å². The largest absolute Gasteiger partial charge is 0.507 e. The van der Waals surface area contributed by atoms with Crippen LogP contribution in [0.1, 0.15) is 16.7 Å². The molecule has 3 rings (SSSR count). The Labute approximate surface area is 209 Å². The van der Waals surface area contributed by atoms with Crippen LogP contribution in [-0.4, -0.2) is 69.4 Å². The summed E-state index contributed by atoms with van der Waals surface area (Å²) in [6.45, 7) is -2.95. The summed E-state index contributed by atoms with van der Waals surface area (Å²) in [4.78, 5) is 0. The molecule has 182 valence electrons. The zero-order valence-electron chi connectivity index (χ0n) is 19.5. The summed E-state index contributed by atoms with van der Waals surface area (Å²) in [5, 5.41) is 43.7. The van der Waals surface area contributed by atoms with Crippen molar-refractivity contribution in [1.82, 2.24) is 14.3 Å². The number of para-hydroxylation sites is 3. The maximum absolute atomic E-state index is 10.1. The van der Waals surface area contributed by atoms with E-state index in [2.05, 4.69) is 15.3 Å². The van der Waals surface area contributed by atoms with E-state index in [-0.39, 0.29) is 17.2 Å².